The maximum Gasteiger partial charge on any atom is 0.145 e. The SMILES string of the molecule is CC(C)c1cc(Br)ccc1Oc1ccc(C(N)=S)nc1. The quantitative estimate of drug-likeness (QED) is 0.830. The topological polar surface area (TPSA) is 48.1 Å². The van der Waals surface area contributed by atoms with Gasteiger partial charge in [0.05, 0.1) is 11.9 Å². The zero-order valence-corrected chi connectivity index (χ0v) is 13.7. The van der Waals surface area contributed by atoms with Crippen molar-refractivity contribution in [3.05, 3.63) is 52.3 Å². The molecule has 20 heavy (non-hydrogen) atoms. The first-order valence-electron chi connectivity index (χ1n) is 6.20. The van der Waals surface area contributed by atoms with Gasteiger partial charge in [-0.05, 0) is 41.8 Å². The first-order chi connectivity index (χ1) is 9.47. The zero-order valence-electron chi connectivity index (χ0n) is 11.3. The minimum absolute atomic E-state index is 0.281. The lowest BCUT2D eigenvalue weighted by molar-refractivity contribution is 0.470. The molecule has 0 amide bonds. The molecule has 2 aromatic rings. The number of nitrogens with two attached hydrogens (primary N) is 1. The van der Waals surface area contributed by atoms with Gasteiger partial charge < -0.3 is 10.5 Å². The molecule has 2 N–H and O–H groups in total. The Labute approximate surface area is 132 Å². The second-order valence-corrected chi connectivity index (χ2v) is 6.04. The first kappa shape index (κ1) is 14.9. The summed E-state index contributed by atoms with van der Waals surface area (Å²) >= 11 is 8.35. The summed E-state index contributed by atoms with van der Waals surface area (Å²) < 4.78 is 6.93. The van der Waals surface area contributed by atoms with E-state index in [0.29, 0.717) is 17.4 Å². The average molecular weight is 351 g/mol. The van der Waals surface area contributed by atoms with Crippen LogP contribution in [0.4, 0.5) is 0 Å². The number of thiocarbonyl (C=S) groups is 1. The number of aromatic nitrogens is 1. The number of hydrogen-bond donors (Lipinski definition) is 1. The molecule has 1 heterocycles. The van der Waals surface area contributed by atoms with Crippen LogP contribution in [0.1, 0.15) is 31.0 Å². The van der Waals surface area contributed by atoms with Crippen LogP contribution in [0.15, 0.2) is 41.0 Å². The van der Waals surface area contributed by atoms with E-state index in [-0.39, 0.29) is 4.99 Å². The smallest absolute Gasteiger partial charge is 0.145 e. The number of ether oxygens (including phenoxy) is 1. The number of halogens is 1. The van der Waals surface area contributed by atoms with E-state index < -0.39 is 0 Å². The highest BCUT2D eigenvalue weighted by molar-refractivity contribution is 9.10. The van der Waals surface area contributed by atoms with Crippen molar-refractivity contribution in [1.29, 1.82) is 0 Å². The second kappa shape index (κ2) is 6.33. The molecule has 0 bridgehead atoms. The van der Waals surface area contributed by atoms with E-state index in [2.05, 4.69) is 40.8 Å². The van der Waals surface area contributed by atoms with Gasteiger partial charge in [-0.15, -0.1) is 0 Å². The standard InChI is InChI=1S/C15H15BrN2OS/c1-9(2)12-7-10(16)3-6-14(12)19-11-4-5-13(15(17)20)18-8-11/h3-9H,1-2H3,(H2,17,20). The Hall–Kier alpha value is -1.46. The minimum atomic E-state index is 0.281. The van der Waals surface area contributed by atoms with Crippen molar-refractivity contribution in [1.82, 2.24) is 4.98 Å². The molecule has 0 aliphatic heterocycles. The van der Waals surface area contributed by atoms with Crippen LogP contribution in [-0.4, -0.2) is 9.97 Å². The fourth-order valence-electron chi connectivity index (χ4n) is 1.78. The van der Waals surface area contributed by atoms with Gasteiger partial charge in [-0.3, -0.25) is 0 Å². The van der Waals surface area contributed by atoms with E-state index in [1.165, 1.54) is 0 Å². The zero-order chi connectivity index (χ0) is 14.7. The lowest BCUT2D eigenvalue weighted by Crippen LogP contribution is -2.10. The molecule has 1 aromatic carbocycles. The monoisotopic (exact) mass is 350 g/mol. The molecule has 0 unspecified atom stereocenters. The molecular weight excluding hydrogens is 336 g/mol. The summed E-state index contributed by atoms with van der Waals surface area (Å²) in [6.45, 7) is 4.26. The molecule has 0 atom stereocenters. The molecule has 0 saturated carbocycles. The molecule has 3 nitrogen and oxygen atoms in total. The maximum absolute atomic E-state index is 5.89. The Morgan fingerprint density at radius 1 is 1.30 bits per heavy atom. The molecule has 0 aliphatic carbocycles. The van der Waals surface area contributed by atoms with Crippen molar-refractivity contribution in [3.63, 3.8) is 0 Å². The molecule has 2 rings (SSSR count). The van der Waals surface area contributed by atoms with Gasteiger partial charge in [-0.2, -0.15) is 0 Å². The third-order valence-electron chi connectivity index (χ3n) is 2.81. The summed E-state index contributed by atoms with van der Waals surface area (Å²) in [5.41, 5.74) is 7.25. The van der Waals surface area contributed by atoms with E-state index in [1.54, 1.807) is 12.3 Å². The largest absolute Gasteiger partial charge is 0.455 e. The van der Waals surface area contributed by atoms with Crippen LogP contribution in [-0.2, 0) is 0 Å². The van der Waals surface area contributed by atoms with Gasteiger partial charge in [-0.25, -0.2) is 4.98 Å². The van der Waals surface area contributed by atoms with Crippen molar-refractivity contribution >= 4 is 33.1 Å². The van der Waals surface area contributed by atoms with Crippen molar-refractivity contribution in [2.45, 2.75) is 19.8 Å². The average Bonchev–Trinajstić information content (AvgIpc) is 2.41. The fourth-order valence-corrected chi connectivity index (χ4v) is 2.28. The maximum atomic E-state index is 5.89. The molecule has 1 aromatic heterocycles. The third-order valence-corrected chi connectivity index (χ3v) is 3.51. The van der Waals surface area contributed by atoms with Crippen LogP contribution in [0.25, 0.3) is 0 Å². The first-order valence-corrected chi connectivity index (χ1v) is 7.40. The Kier molecular flexibility index (Phi) is 4.73. The molecule has 104 valence electrons. The van der Waals surface area contributed by atoms with Crippen molar-refractivity contribution < 1.29 is 4.74 Å². The Balaban J connectivity index is 2.27. The van der Waals surface area contributed by atoms with Gasteiger partial charge in [0, 0.05) is 4.47 Å². The number of pyridine rings is 1. The van der Waals surface area contributed by atoms with Crippen LogP contribution < -0.4 is 10.5 Å². The Morgan fingerprint density at radius 2 is 2.05 bits per heavy atom. The molecular formula is C15H15BrN2OS. The highest BCUT2D eigenvalue weighted by Gasteiger charge is 2.10. The van der Waals surface area contributed by atoms with Crippen LogP contribution >= 0.6 is 28.1 Å². The summed E-state index contributed by atoms with van der Waals surface area (Å²) in [5, 5.41) is 0. The lowest BCUT2D eigenvalue weighted by Gasteiger charge is -2.14. The summed E-state index contributed by atoms with van der Waals surface area (Å²) in [7, 11) is 0. The van der Waals surface area contributed by atoms with E-state index in [4.69, 9.17) is 22.7 Å². The number of benzene rings is 1. The van der Waals surface area contributed by atoms with Gasteiger partial charge in [0.15, 0.2) is 0 Å². The Bertz CT molecular complexity index is 626. The van der Waals surface area contributed by atoms with Gasteiger partial charge in [0.1, 0.15) is 16.5 Å². The summed E-state index contributed by atoms with van der Waals surface area (Å²) in [4.78, 5) is 4.45. The van der Waals surface area contributed by atoms with Gasteiger partial charge >= 0.3 is 0 Å². The third kappa shape index (κ3) is 3.55. The van der Waals surface area contributed by atoms with E-state index in [1.807, 2.05) is 18.2 Å². The molecule has 0 spiro atoms. The van der Waals surface area contributed by atoms with Crippen molar-refractivity contribution in [3.8, 4) is 11.5 Å². The normalized spacial score (nSPS) is 10.6. The highest BCUT2D eigenvalue weighted by Crippen LogP contribution is 2.32. The Morgan fingerprint density at radius 3 is 2.60 bits per heavy atom. The van der Waals surface area contributed by atoms with E-state index in [9.17, 15) is 0 Å². The predicted molar refractivity (Wildman–Crippen MR) is 88.4 cm³/mol. The van der Waals surface area contributed by atoms with Crippen molar-refractivity contribution in [2.75, 3.05) is 0 Å². The lowest BCUT2D eigenvalue weighted by atomic mass is 10.0. The second-order valence-electron chi connectivity index (χ2n) is 4.68. The van der Waals surface area contributed by atoms with Crippen LogP contribution in [0.2, 0.25) is 0 Å². The molecule has 0 radical (unpaired) electrons. The van der Waals surface area contributed by atoms with E-state index >= 15 is 0 Å². The van der Waals surface area contributed by atoms with Crippen molar-refractivity contribution in [2.24, 2.45) is 5.73 Å². The van der Waals surface area contributed by atoms with Gasteiger partial charge in [0.25, 0.3) is 0 Å². The number of hydrogen-bond acceptors (Lipinski definition) is 3. The van der Waals surface area contributed by atoms with Crippen LogP contribution in [0.3, 0.4) is 0 Å². The predicted octanol–water partition coefficient (Wildman–Crippen LogP) is 4.39. The fraction of sp³-hybridized carbons (Fsp3) is 0.200. The summed E-state index contributed by atoms with van der Waals surface area (Å²) in [6, 6.07) is 9.54. The molecule has 5 heteroatoms. The number of rotatable bonds is 4. The van der Waals surface area contributed by atoms with E-state index in [0.717, 1.165) is 15.8 Å². The van der Waals surface area contributed by atoms with Crippen LogP contribution in [0, 0.1) is 0 Å². The summed E-state index contributed by atoms with van der Waals surface area (Å²) in [5.74, 6) is 1.86. The highest BCUT2D eigenvalue weighted by atomic mass is 79.9. The molecule has 0 fully saturated rings. The summed E-state index contributed by atoms with van der Waals surface area (Å²) in [6.07, 6.45) is 1.63. The van der Waals surface area contributed by atoms with Gasteiger partial charge in [0.2, 0.25) is 0 Å². The molecule has 0 saturated heterocycles. The molecule has 0 aliphatic rings. The van der Waals surface area contributed by atoms with Crippen LogP contribution in [0.5, 0.6) is 11.5 Å². The van der Waals surface area contributed by atoms with Gasteiger partial charge in [-0.1, -0.05) is 42.0 Å². The minimum Gasteiger partial charge on any atom is -0.455 e. The number of nitrogens with zero attached hydrogens (tertiary/aromatic N) is 1.